The molecule has 0 amide bonds. The zero-order valence-electron chi connectivity index (χ0n) is 27.0. The van der Waals surface area contributed by atoms with E-state index in [4.69, 9.17) is 18.9 Å². The maximum absolute atomic E-state index is 12.6. The van der Waals surface area contributed by atoms with E-state index in [1.165, 1.54) is 57.8 Å². The highest BCUT2D eigenvalue weighted by molar-refractivity contribution is 5.70. The van der Waals surface area contributed by atoms with Crippen molar-refractivity contribution in [2.75, 3.05) is 19.8 Å². The molecule has 0 saturated carbocycles. The standard InChI is InChI=1S/C33H62O10/c1-3-5-7-9-10-11-12-13-14-15-16-18-20-22-29(36)42-26(24-40-28(35)21-19-17-8-6-4-2)25-41-33-32(39)31(38)30(37)27(23-34)43-33/h26-27,30-34,37-39H,3-25H2,1-2H3. The largest absolute Gasteiger partial charge is 0.462 e. The lowest BCUT2D eigenvalue weighted by atomic mass is 9.99. The fourth-order valence-electron chi connectivity index (χ4n) is 5.19. The Labute approximate surface area is 259 Å². The molecule has 0 aromatic rings. The molecule has 6 atom stereocenters. The van der Waals surface area contributed by atoms with Crippen LogP contribution in [0.2, 0.25) is 0 Å². The number of carbonyl (C=O) groups is 2. The van der Waals surface area contributed by atoms with E-state index in [2.05, 4.69) is 13.8 Å². The molecule has 0 bridgehead atoms. The summed E-state index contributed by atoms with van der Waals surface area (Å²) in [4.78, 5) is 24.8. The minimum absolute atomic E-state index is 0.213. The molecular weight excluding hydrogens is 556 g/mol. The van der Waals surface area contributed by atoms with Crippen LogP contribution >= 0.6 is 0 Å². The van der Waals surface area contributed by atoms with E-state index in [0.29, 0.717) is 6.42 Å². The van der Waals surface area contributed by atoms with Crippen molar-refractivity contribution in [2.45, 2.75) is 179 Å². The number of ether oxygens (including phenoxy) is 4. The van der Waals surface area contributed by atoms with Gasteiger partial charge >= 0.3 is 11.9 Å². The van der Waals surface area contributed by atoms with Crippen LogP contribution < -0.4 is 0 Å². The molecule has 1 saturated heterocycles. The van der Waals surface area contributed by atoms with Crippen molar-refractivity contribution >= 4 is 11.9 Å². The van der Waals surface area contributed by atoms with Crippen molar-refractivity contribution in [2.24, 2.45) is 0 Å². The molecule has 1 aliphatic rings. The monoisotopic (exact) mass is 618 g/mol. The van der Waals surface area contributed by atoms with Crippen molar-refractivity contribution in [1.29, 1.82) is 0 Å². The predicted molar refractivity (Wildman–Crippen MR) is 164 cm³/mol. The topological polar surface area (TPSA) is 152 Å². The van der Waals surface area contributed by atoms with Gasteiger partial charge in [-0.1, -0.05) is 117 Å². The summed E-state index contributed by atoms with van der Waals surface area (Å²) < 4.78 is 21.8. The van der Waals surface area contributed by atoms with E-state index >= 15 is 0 Å². The third-order valence-electron chi connectivity index (χ3n) is 7.99. The van der Waals surface area contributed by atoms with Crippen LogP contribution in [0.25, 0.3) is 0 Å². The van der Waals surface area contributed by atoms with Gasteiger partial charge in [0.05, 0.1) is 13.2 Å². The Bertz CT molecular complexity index is 689. The van der Waals surface area contributed by atoms with Gasteiger partial charge < -0.3 is 39.4 Å². The van der Waals surface area contributed by atoms with Crippen LogP contribution in [0.3, 0.4) is 0 Å². The van der Waals surface area contributed by atoms with Gasteiger partial charge in [0.1, 0.15) is 31.0 Å². The molecule has 0 radical (unpaired) electrons. The van der Waals surface area contributed by atoms with Crippen LogP contribution in [0.15, 0.2) is 0 Å². The number of aliphatic hydroxyl groups excluding tert-OH is 4. The summed E-state index contributed by atoms with van der Waals surface area (Å²) in [5, 5.41) is 39.6. The van der Waals surface area contributed by atoms with E-state index in [9.17, 15) is 30.0 Å². The second kappa shape index (κ2) is 26.0. The van der Waals surface area contributed by atoms with Crippen molar-refractivity contribution in [3.8, 4) is 0 Å². The third-order valence-corrected chi connectivity index (χ3v) is 7.99. The molecule has 0 spiro atoms. The third kappa shape index (κ3) is 19.0. The summed E-state index contributed by atoms with van der Waals surface area (Å²) >= 11 is 0. The minimum Gasteiger partial charge on any atom is -0.462 e. The molecule has 0 aromatic heterocycles. The number of esters is 2. The first kappa shape index (κ1) is 39.7. The smallest absolute Gasteiger partial charge is 0.306 e. The van der Waals surface area contributed by atoms with Crippen LogP contribution in [-0.4, -0.2) is 89.0 Å². The van der Waals surface area contributed by atoms with E-state index in [1.54, 1.807) is 0 Å². The normalized spacial score (nSPS) is 22.8. The summed E-state index contributed by atoms with van der Waals surface area (Å²) in [6.07, 6.45) is 13.1. The van der Waals surface area contributed by atoms with E-state index < -0.39 is 49.4 Å². The summed E-state index contributed by atoms with van der Waals surface area (Å²) in [6.45, 7) is 3.30. The zero-order valence-corrected chi connectivity index (χ0v) is 27.0. The van der Waals surface area contributed by atoms with E-state index in [0.717, 1.165) is 51.4 Å². The molecule has 0 aromatic carbocycles. The molecule has 254 valence electrons. The highest BCUT2D eigenvalue weighted by atomic mass is 16.7. The van der Waals surface area contributed by atoms with E-state index in [-0.39, 0.29) is 32.0 Å². The van der Waals surface area contributed by atoms with Crippen molar-refractivity contribution < 1.29 is 49.0 Å². The maximum Gasteiger partial charge on any atom is 0.306 e. The van der Waals surface area contributed by atoms with Crippen molar-refractivity contribution in [1.82, 2.24) is 0 Å². The van der Waals surface area contributed by atoms with Crippen molar-refractivity contribution in [3.05, 3.63) is 0 Å². The zero-order chi connectivity index (χ0) is 31.7. The second-order valence-corrected chi connectivity index (χ2v) is 12.0. The first-order valence-electron chi connectivity index (χ1n) is 17.1. The molecule has 1 heterocycles. The number of carbonyl (C=O) groups excluding carboxylic acids is 2. The minimum atomic E-state index is -1.59. The summed E-state index contributed by atoms with van der Waals surface area (Å²) in [7, 11) is 0. The van der Waals surface area contributed by atoms with Crippen LogP contribution in [0.4, 0.5) is 0 Å². The number of aliphatic hydroxyl groups is 4. The number of unbranched alkanes of at least 4 members (excludes halogenated alkanes) is 16. The van der Waals surface area contributed by atoms with Gasteiger partial charge in [0.25, 0.3) is 0 Å². The Morgan fingerprint density at radius 3 is 1.58 bits per heavy atom. The van der Waals surface area contributed by atoms with Crippen LogP contribution in [0, 0.1) is 0 Å². The van der Waals surface area contributed by atoms with Gasteiger partial charge in [0, 0.05) is 12.8 Å². The molecule has 4 N–H and O–H groups in total. The van der Waals surface area contributed by atoms with Crippen LogP contribution in [-0.2, 0) is 28.5 Å². The number of hydrogen-bond donors (Lipinski definition) is 4. The Morgan fingerprint density at radius 2 is 1.09 bits per heavy atom. The molecule has 1 rings (SSSR count). The van der Waals surface area contributed by atoms with Gasteiger partial charge in [-0.15, -0.1) is 0 Å². The summed E-state index contributed by atoms with van der Waals surface area (Å²) in [5.74, 6) is -0.817. The maximum atomic E-state index is 12.6. The number of hydrogen-bond acceptors (Lipinski definition) is 10. The predicted octanol–water partition coefficient (Wildman–Crippen LogP) is 5.10. The summed E-state index contributed by atoms with van der Waals surface area (Å²) in [5.41, 5.74) is 0. The fourth-order valence-corrected chi connectivity index (χ4v) is 5.19. The quantitative estimate of drug-likeness (QED) is 0.0723. The van der Waals surface area contributed by atoms with Gasteiger partial charge in [-0.3, -0.25) is 9.59 Å². The van der Waals surface area contributed by atoms with Gasteiger partial charge in [-0.2, -0.15) is 0 Å². The Morgan fingerprint density at radius 1 is 0.628 bits per heavy atom. The Balaban J connectivity index is 2.40. The van der Waals surface area contributed by atoms with Gasteiger partial charge in [0.2, 0.25) is 0 Å². The SMILES string of the molecule is CCCCCCCCCCCCCCCC(=O)OC(COC(=O)CCCCCCC)COC1OC(CO)C(O)C(O)C1O. The van der Waals surface area contributed by atoms with Gasteiger partial charge in [-0.05, 0) is 12.8 Å². The Hall–Kier alpha value is -1.30. The lowest BCUT2D eigenvalue weighted by Gasteiger charge is -2.39. The average molecular weight is 619 g/mol. The molecule has 1 aliphatic heterocycles. The van der Waals surface area contributed by atoms with Crippen LogP contribution in [0.1, 0.15) is 142 Å². The number of rotatable bonds is 27. The van der Waals surface area contributed by atoms with Gasteiger partial charge in [0.15, 0.2) is 12.4 Å². The second-order valence-electron chi connectivity index (χ2n) is 12.0. The fraction of sp³-hybridized carbons (Fsp3) is 0.939. The molecule has 1 fully saturated rings. The molecule has 10 nitrogen and oxygen atoms in total. The lowest BCUT2D eigenvalue weighted by molar-refractivity contribution is -0.305. The van der Waals surface area contributed by atoms with Crippen LogP contribution in [0.5, 0.6) is 0 Å². The average Bonchev–Trinajstić information content (AvgIpc) is 3.00. The highest BCUT2D eigenvalue weighted by Crippen LogP contribution is 2.22. The molecule has 6 unspecified atom stereocenters. The highest BCUT2D eigenvalue weighted by Gasteiger charge is 2.44. The summed E-state index contributed by atoms with van der Waals surface area (Å²) in [6, 6.07) is 0. The molecular formula is C33H62O10. The van der Waals surface area contributed by atoms with E-state index in [1.807, 2.05) is 0 Å². The molecule has 10 heteroatoms. The molecule has 43 heavy (non-hydrogen) atoms. The lowest BCUT2D eigenvalue weighted by Crippen LogP contribution is -2.59. The first-order valence-corrected chi connectivity index (χ1v) is 17.1. The molecule has 0 aliphatic carbocycles. The first-order chi connectivity index (χ1) is 20.8. The van der Waals surface area contributed by atoms with Gasteiger partial charge in [-0.25, -0.2) is 0 Å². The Kier molecular flexibility index (Phi) is 24.0. The van der Waals surface area contributed by atoms with Crippen molar-refractivity contribution in [3.63, 3.8) is 0 Å².